The summed E-state index contributed by atoms with van der Waals surface area (Å²) >= 11 is 6.07. The molecule has 1 aromatic carbocycles. The van der Waals surface area contributed by atoms with E-state index in [9.17, 15) is 0 Å². The average molecular weight is 203 g/mol. The Morgan fingerprint density at radius 3 is 2.55 bits per heavy atom. The molecule has 1 atom stereocenters. The van der Waals surface area contributed by atoms with Crippen molar-refractivity contribution in [3.63, 3.8) is 0 Å². The maximum absolute atomic E-state index is 6.07. The van der Waals surface area contributed by atoms with Gasteiger partial charge in [0.1, 0.15) is 10.5 Å². The zero-order valence-corrected chi connectivity index (χ0v) is 10.6. The molecule has 0 heterocycles. The van der Waals surface area contributed by atoms with Crippen LogP contribution in [0.4, 0.5) is 0 Å². The van der Waals surface area contributed by atoms with E-state index >= 15 is 0 Å². The van der Waals surface area contributed by atoms with Crippen LogP contribution in [-0.2, 0) is 4.12 Å². The fraction of sp³-hybridized carbons (Fsp3) is 0.143. The van der Waals surface area contributed by atoms with E-state index < -0.39 is 9.76 Å². The van der Waals surface area contributed by atoms with E-state index in [4.69, 9.17) is 15.7 Å². The lowest BCUT2D eigenvalue weighted by Crippen LogP contribution is -2.04. The minimum Gasteiger partial charge on any atom is -0.467 e. The molecule has 1 nitrogen and oxygen atoms in total. The second-order valence-corrected chi connectivity index (χ2v) is 6.84. The zero-order chi connectivity index (χ0) is 8.10. The number of halogens is 1. The van der Waals surface area contributed by atoms with Gasteiger partial charge in [0.2, 0.25) is 0 Å². The van der Waals surface area contributed by atoms with E-state index in [1.54, 1.807) is 0 Å². The zero-order valence-electron chi connectivity index (χ0n) is 6.46. The Balaban J connectivity index is 2.61. The van der Waals surface area contributed by atoms with E-state index in [0.29, 0.717) is 0 Å². The Bertz CT molecular complexity index is 205. The molecule has 0 aliphatic heterocycles. The van der Waals surface area contributed by atoms with Crippen molar-refractivity contribution in [1.82, 2.24) is 0 Å². The van der Waals surface area contributed by atoms with Crippen LogP contribution in [0.3, 0.4) is 0 Å². The molecule has 1 rings (SSSR count). The predicted molar refractivity (Wildman–Crippen MR) is 54.6 cm³/mol. The maximum atomic E-state index is 6.07. The molecular formula is C7H11ClOSi2. The third kappa shape index (κ3) is 2.79. The summed E-state index contributed by atoms with van der Waals surface area (Å²) in [7, 11) is 0.290. The first-order valence-electron chi connectivity index (χ1n) is 3.52. The molecule has 0 saturated heterocycles. The summed E-state index contributed by atoms with van der Waals surface area (Å²) in [4.78, 5) is 0. The molecular weight excluding hydrogens is 192 g/mol. The van der Waals surface area contributed by atoms with Gasteiger partial charge in [0, 0.05) is 0 Å². The Morgan fingerprint density at radius 1 is 1.36 bits per heavy atom. The van der Waals surface area contributed by atoms with Crippen LogP contribution in [-0.4, -0.2) is 20.2 Å². The molecule has 0 fully saturated rings. The van der Waals surface area contributed by atoms with Gasteiger partial charge in [0.15, 0.2) is 9.76 Å². The molecule has 11 heavy (non-hydrogen) atoms. The standard InChI is InChI=1S/C7H11ClOSi2/c8-7(11-9-10)6-4-2-1-3-5-6/h1-5,7H,11H2,10H3. The largest absolute Gasteiger partial charge is 0.467 e. The number of benzene rings is 1. The summed E-state index contributed by atoms with van der Waals surface area (Å²) in [5.74, 6) is 0. The molecule has 0 aliphatic rings. The van der Waals surface area contributed by atoms with Gasteiger partial charge in [-0.25, -0.2) is 0 Å². The highest BCUT2D eigenvalue weighted by Gasteiger charge is 2.05. The van der Waals surface area contributed by atoms with Crippen LogP contribution in [0.2, 0.25) is 0 Å². The second-order valence-electron chi connectivity index (χ2n) is 2.33. The van der Waals surface area contributed by atoms with Gasteiger partial charge in [0.25, 0.3) is 0 Å². The molecule has 4 heteroatoms. The summed E-state index contributed by atoms with van der Waals surface area (Å²) in [6, 6.07) is 10.1. The Kier molecular flexibility index (Phi) is 3.86. The van der Waals surface area contributed by atoms with Crippen LogP contribution in [0.15, 0.2) is 30.3 Å². The van der Waals surface area contributed by atoms with E-state index in [0.717, 1.165) is 10.5 Å². The number of rotatable bonds is 3. The van der Waals surface area contributed by atoms with Crippen molar-refractivity contribution in [2.45, 2.75) is 5.00 Å². The molecule has 0 bridgehead atoms. The van der Waals surface area contributed by atoms with Gasteiger partial charge in [0.05, 0.1) is 5.00 Å². The lowest BCUT2D eigenvalue weighted by atomic mass is 10.2. The number of hydrogen-bond acceptors (Lipinski definition) is 1. The molecule has 0 aromatic heterocycles. The number of alkyl halides is 1. The topological polar surface area (TPSA) is 9.23 Å². The monoisotopic (exact) mass is 202 g/mol. The van der Waals surface area contributed by atoms with Crippen LogP contribution < -0.4 is 0 Å². The van der Waals surface area contributed by atoms with Crippen LogP contribution in [0.5, 0.6) is 0 Å². The van der Waals surface area contributed by atoms with Crippen LogP contribution >= 0.6 is 11.6 Å². The Morgan fingerprint density at radius 2 is 2.00 bits per heavy atom. The quantitative estimate of drug-likeness (QED) is 0.507. The lowest BCUT2D eigenvalue weighted by Gasteiger charge is -2.06. The van der Waals surface area contributed by atoms with Crippen molar-refractivity contribution >= 4 is 31.9 Å². The molecule has 0 radical (unpaired) electrons. The van der Waals surface area contributed by atoms with Crippen molar-refractivity contribution in [2.24, 2.45) is 0 Å². The SMILES string of the molecule is [SiH3]O[SiH2]C(Cl)c1ccccc1. The van der Waals surface area contributed by atoms with E-state index in [2.05, 4.69) is 0 Å². The molecule has 60 valence electrons. The van der Waals surface area contributed by atoms with Crippen LogP contribution in [0.25, 0.3) is 0 Å². The van der Waals surface area contributed by atoms with E-state index in [1.807, 2.05) is 30.3 Å². The van der Waals surface area contributed by atoms with Gasteiger partial charge in [-0.2, -0.15) is 0 Å². The fourth-order valence-electron chi connectivity index (χ4n) is 0.904. The summed E-state index contributed by atoms with van der Waals surface area (Å²) in [6.07, 6.45) is 0. The molecule has 0 aliphatic carbocycles. The second kappa shape index (κ2) is 4.72. The van der Waals surface area contributed by atoms with Crippen molar-refractivity contribution in [3.05, 3.63) is 35.9 Å². The first-order valence-corrected chi connectivity index (χ1v) is 6.17. The third-order valence-electron chi connectivity index (χ3n) is 1.47. The van der Waals surface area contributed by atoms with Gasteiger partial charge in [-0.1, -0.05) is 30.3 Å². The molecule has 1 unspecified atom stereocenters. The van der Waals surface area contributed by atoms with Crippen molar-refractivity contribution in [2.75, 3.05) is 0 Å². The first-order chi connectivity index (χ1) is 5.34. The van der Waals surface area contributed by atoms with Gasteiger partial charge in [-0.05, 0) is 5.56 Å². The van der Waals surface area contributed by atoms with Crippen molar-refractivity contribution < 1.29 is 4.12 Å². The first kappa shape index (κ1) is 9.00. The summed E-state index contributed by atoms with van der Waals surface area (Å²) in [5.41, 5.74) is 1.19. The van der Waals surface area contributed by atoms with Gasteiger partial charge < -0.3 is 4.12 Å². The average Bonchev–Trinajstić information content (AvgIpc) is 2.07. The third-order valence-corrected chi connectivity index (χ3v) is 4.20. The van der Waals surface area contributed by atoms with E-state index in [1.165, 1.54) is 5.56 Å². The molecule has 1 aromatic rings. The molecule has 0 N–H and O–H groups in total. The molecule has 0 amide bonds. The maximum Gasteiger partial charge on any atom is 0.168 e. The smallest absolute Gasteiger partial charge is 0.168 e. The predicted octanol–water partition coefficient (Wildman–Crippen LogP) is 0.305. The highest BCUT2D eigenvalue weighted by atomic mass is 35.5. The summed E-state index contributed by atoms with van der Waals surface area (Å²) in [6.45, 7) is 0. The van der Waals surface area contributed by atoms with Gasteiger partial charge in [-0.15, -0.1) is 11.6 Å². The summed E-state index contributed by atoms with van der Waals surface area (Å²) in [5, 5.41) is 0.147. The fourth-order valence-corrected chi connectivity index (χ4v) is 3.82. The number of hydrogen-bond donors (Lipinski definition) is 0. The Labute approximate surface area is 77.2 Å². The molecule has 0 saturated carbocycles. The van der Waals surface area contributed by atoms with Crippen LogP contribution in [0.1, 0.15) is 10.6 Å². The van der Waals surface area contributed by atoms with Crippen molar-refractivity contribution in [3.8, 4) is 0 Å². The van der Waals surface area contributed by atoms with E-state index in [-0.39, 0.29) is 5.00 Å². The molecule has 0 spiro atoms. The van der Waals surface area contributed by atoms with Crippen LogP contribution in [0, 0.1) is 0 Å². The summed E-state index contributed by atoms with van der Waals surface area (Å²) < 4.78 is 5.20. The van der Waals surface area contributed by atoms with Gasteiger partial charge in [-0.3, -0.25) is 0 Å². The minimum absolute atomic E-state index is 0.147. The van der Waals surface area contributed by atoms with Gasteiger partial charge >= 0.3 is 0 Å². The van der Waals surface area contributed by atoms with Crippen molar-refractivity contribution in [1.29, 1.82) is 0 Å². The highest BCUT2D eigenvalue weighted by molar-refractivity contribution is 6.51. The highest BCUT2D eigenvalue weighted by Crippen LogP contribution is 2.17. The normalized spacial score (nSPS) is 14.3. The lowest BCUT2D eigenvalue weighted by molar-refractivity contribution is 0.658. The minimum atomic E-state index is -0.525. The Hall–Kier alpha value is -0.0962.